The summed E-state index contributed by atoms with van der Waals surface area (Å²) in [6, 6.07) is 15.6. The van der Waals surface area contributed by atoms with Gasteiger partial charge in [-0.05, 0) is 68.7 Å². The van der Waals surface area contributed by atoms with E-state index in [0.29, 0.717) is 35.9 Å². The van der Waals surface area contributed by atoms with Gasteiger partial charge in [-0.1, -0.05) is 17.3 Å². The lowest BCUT2D eigenvalue weighted by Gasteiger charge is -2.36. The quantitative estimate of drug-likeness (QED) is 0.443. The first-order chi connectivity index (χ1) is 16.1. The maximum Gasteiger partial charge on any atom is 0.258 e. The highest BCUT2D eigenvalue weighted by atomic mass is 19.1. The number of aromatic nitrogens is 4. The molecule has 1 amide bonds. The molecule has 4 aromatic rings. The summed E-state index contributed by atoms with van der Waals surface area (Å²) in [5.41, 5.74) is 2.84. The Hall–Kier alpha value is -3.81. The summed E-state index contributed by atoms with van der Waals surface area (Å²) < 4.78 is 20.4. The molecule has 8 heteroatoms. The van der Waals surface area contributed by atoms with E-state index in [1.165, 1.54) is 12.1 Å². The normalized spacial score (nSPS) is 16.2. The molecule has 0 radical (unpaired) electrons. The maximum atomic E-state index is 13.6. The van der Waals surface area contributed by atoms with Crippen LogP contribution in [0.2, 0.25) is 0 Å². The Bertz CT molecular complexity index is 1260. The Labute approximate surface area is 190 Å². The van der Waals surface area contributed by atoms with Crippen LogP contribution in [0, 0.1) is 12.7 Å². The molecular formula is C25H24FN5O2. The fourth-order valence-electron chi connectivity index (χ4n) is 4.33. The van der Waals surface area contributed by atoms with Gasteiger partial charge in [0.05, 0.1) is 29.4 Å². The topological polar surface area (TPSA) is 77.0 Å². The van der Waals surface area contributed by atoms with E-state index in [-0.39, 0.29) is 17.8 Å². The number of nitrogens with zero attached hydrogens (tertiary/aromatic N) is 5. The number of amides is 1. The van der Waals surface area contributed by atoms with Crippen molar-refractivity contribution >= 4 is 5.91 Å². The standard InChI is InChI=1S/C25H24FN5O2/c1-17-27-24(33-29-17)21-7-2-3-8-22(21)25(32)31-14-5-4-6-20(31)16-30-15-13-23(28-30)18-9-11-19(26)12-10-18/h2-3,7-13,15,20H,4-6,14,16H2,1H3. The number of aryl methyl sites for hydroxylation is 1. The maximum absolute atomic E-state index is 13.6. The van der Waals surface area contributed by atoms with Crippen LogP contribution in [0.3, 0.4) is 0 Å². The Morgan fingerprint density at radius 2 is 1.94 bits per heavy atom. The van der Waals surface area contributed by atoms with E-state index in [1.807, 2.05) is 46.1 Å². The zero-order valence-corrected chi connectivity index (χ0v) is 18.3. The number of halogens is 1. The molecule has 0 aliphatic carbocycles. The molecule has 1 fully saturated rings. The number of carbonyl (C=O) groups is 1. The van der Waals surface area contributed by atoms with Gasteiger partial charge in [-0.2, -0.15) is 10.1 Å². The van der Waals surface area contributed by atoms with E-state index < -0.39 is 0 Å². The van der Waals surface area contributed by atoms with Crippen molar-refractivity contribution < 1.29 is 13.7 Å². The summed E-state index contributed by atoms with van der Waals surface area (Å²) >= 11 is 0. The fourth-order valence-corrected chi connectivity index (χ4v) is 4.33. The molecule has 1 unspecified atom stereocenters. The van der Waals surface area contributed by atoms with Crippen molar-refractivity contribution in [2.75, 3.05) is 6.54 Å². The van der Waals surface area contributed by atoms with Gasteiger partial charge in [0.15, 0.2) is 5.82 Å². The summed E-state index contributed by atoms with van der Waals surface area (Å²) in [5.74, 6) is 0.558. The predicted octanol–water partition coefficient (Wildman–Crippen LogP) is 4.74. The lowest BCUT2D eigenvalue weighted by Crippen LogP contribution is -2.46. The lowest BCUT2D eigenvalue weighted by atomic mass is 9.99. The van der Waals surface area contributed by atoms with Crippen LogP contribution in [0.5, 0.6) is 0 Å². The first-order valence-corrected chi connectivity index (χ1v) is 11.1. The van der Waals surface area contributed by atoms with Gasteiger partial charge in [-0.3, -0.25) is 9.48 Å². The van der Waals surface area contributed by atoms with E-state index in [9.17, 15) is 9.18 Å². The first kappa shape index (κ1) is 21.1. The van der Waals surface area contributed by atoms with E-state index in [0.717, 1.165) is 30.5 Å². The largest absolute Gasteiger partial charge is 0.334 e. The molecule has 1 aliphatic rings. The second-order valence-electron chi connectivity index (χ2n) is 8.27. The van der Waals surface area contributed by atoms with E-state index in [4.69, 9.17) is 4.52 Å². The summed E-state index contributed by atoms with van der Waals surface area (Å²) in [4.78, 5) is 19.9. The average Bonchev–Trinajstić information content (AvgIpc) is 3.49. The molecule has 0 bridgehead atoms. The second-order valence-corrected chi connectivity index (χ2v) is 8.27. The van der Waals surface area contributed by atoms with Gasteiger partial charge in [0.25, 0.3) is 11.8 Å². The molecule has 2 aromatic carbocycles. The van der Waals surface area contributed by atoms with Gasteiger partial charge in [0, 0.05) is 18.3 Å². The zero-order chi connectivity index (χ0) is 22.8. The SMILES string of the molecule is Cc1noc(-c2ccccc2C(=O)N2CCCCC2Cn2ccc(-c3ccc(F)cc3)n2)n1. The molecule has 0 N–H and O–H groups in total. The third-order valence-electron chi connectivity index (χ3n) is 5.98. The van der Waals surface area contributed by atoms with Crippen LogP contribution in [0.15, 0.2) is 65.3 Å². The molecule has 1 aliphatic heterocycles. The van der Waals surface area contributed by atoms with Gasteiger partial charge < -0.3 is 9.42 Å². The van der Waals surface area contributed by atoms with Crippen LogP contribution < -0.4 is 0 Å². The van der Waals surface area contributed by atoms with Gasteiger partial charge in [0.1, 0.15) is 5.82 Å². The number of carbonyl (C=O) groups excluding carboxylic acids is 1. The number of hydrogen-bond donors (Lipinski definition) is 0. The van der Waals surface area contributed by atoms with Crippen LogP contribution in [0.4, 0.5) is 4.39 Å². The molecule has 168 valence electrons. The molecular weight excluding hydrogens is 421 g/mol. The van der Waals surface area contributed by atoms with E-state index >= 15 is 0 Å². The molecule has 1 saturated heterocycles. The molecule has 0 spiro atoms. The number of benzene rings is 2. The fraction of sp³-hybridized carbons (Fsp3) is 0.280. The van der Waals surface area contributed by atoms with Crippen molar-refractivity contribution in [3.05, 3.63) is 78.0 Å². The third-order valence-corrected chi connectivity index (χ3v) is 5.98. The molecule has 3 heterocycles. The molecule has 33 heavy (non-hydrogen) atoms. The van der Waals surface area contributed by atoms with E-state index in [2.05, 4.69) is 15.2 Å². The van der Waals surface area contributed by atoms with Crippen molar-refractivity contribution in [2.45, 2.75) is 38.8 Å². The highest BCUT2D eigenvalue weighted by Gasteiger charge is 2.30. The lowest BCUT2D eigenvalue weighted by molar-refractivity contribution is 0.0584. The van der Waals surface area contributed by atoms with Crippen molar-refractivity contribution in [3.63, 3.8) is 0 Å². The van der Waals surface area contributed by atoms with Crippen LogP contribution in [-0.4, -0.2) is 43.3 Å². The number of piperidine rings is 1. The summed E-state index contributed by atoms with van der Waals surface area (Å²) in [6.45, 7) is 3.03. The van der Waals surface area contributed by atoms with Crippen molar-refractivity contribution in [1.29, 1.82) is 0 Å². The third kappa shape index (κ3) is 4.41. The minimum atomic E-state index is -0.273. The van der Waals surface area contributed by atoms with Crippen molar-refractivity contribution in [1.82, 2.24) is 24.8 Å². The van der Waals surface area contributed by atoms with Crippen LogP contribution in [0.25, 0.3) is 22.7 Å². The Morgan fingerprint density at radius 3 is 2.73 bits per heavy atom. The minimum absolute atomic E-state index is 0.0182. The zero-order valence-electron chi connectivity index (χ0n) is 18.3. The van der Waals surface area contributed by atoms with Gasteiger partial charge in [0.2, 0.25) is 0 Å². The smallest absolute Gasteiger partial charge is 0.258 e. The highest BCUT2D eigenvalue weighted by molar-refractivity contribution is 6.00. The molecule has 5 rings (SSSR count). The summed E-state index contributed by atoms with van der Waals surface area (Å²) in [6.07, 6.45) is 4.83. The molecule has 2 aromatic heterocycles. The Kier molecular flexibility index (Phi) is 5.73. The van der Waals surface area contributed by atoms with Crippen LogP contribution >= 0.6 is 0 Å². The molecule has 7 nitrogen and oxygen atoms in total. The van der Waals surface area contributed by atoms with Gasteiger partial charge in [-0.15, -0.1) is 0 Å². The van der Waals surface area contributed by atoms with Crippen molar-refractivity contribution in [3.8, 4) is 22.7 Å². The predicted molar refractivity (Wildman–Crippen MR) is 121 cm³/mol. The Balaban J connectivity index is 1.38. The monoisotopic (exact) mass is 445 g/mol. The van der Waals surface area contributed by atoms with Crippen LogP contribution in [-0.2, 0) is 6.54 Å². The molecule has 1 atom stereocenters. The van der Waals surface area contributed by atoms with E-state index in [1.54, 1.807) is 19.1 Å². The number of hydrogen-bond acceptors (Lipinski definition) is 5. The molecule has 0 saturated carbocycles. The first-order valence-electron chi connectivity index (χ1n) is 11.1. The average molecular weight is 445 g/mol. The van der Waals surface area contributed by atoms with Crippen LogP contribution in [0.1, 0.15) is 35.4 Å². The summed E-state index contributed by atoms with van der Waals surface area (Å²) in [5, 5.41) is 8.53. The second kappa shape index (κ2) is 8.97. The minimum Gasteiger partial charge on any atom is -0.334 e. The number of likely N-dealkylation sites (tertiary alicyclic amines) is 1. The van der Waals surface area contributed by atoms with Gasteiger partial charge >= 0.3 is 0 Å². The number of rotatable bonds is 5. The Morgan fingerprint density at radius 1 is 1.12 bits per heavy atom. The van der Waals surface area contributed by atoms with Crippen molar-refractivity contribution in [2.24, 2.45) is 0 Å². The highest BCUT2D eigenvalue weighted by Crippen LogP contribution is 2.27. The summed E-state index contributed by atoms with van der Waals surface area (Å²) in [7, 11) is 0. The van der Waals surface area contributed by atoms with Gasteiger partial charge in [-0.25, -0.2) is 4.39 Å².